The second-order valence-corrected chi connectivity index (χ2v) is 5.06. The van der Waals surface area contributed by atoms with E-state index >= 15 is 0 Å². The van der Waals surface area contributed by atoms with E-state index < -0.39 is 0 Å². The van der Waals surface area contributed by atoms with Gasteiger partial charge in [-0.1, -0.05) is 18.2 Å². The van der Waals surface area contributed by atoms with Crippen LogP contribution in [0, 0.1) is 0 Å². The number of hydrogen-bond acceptors (Lipinski definition) is 3. The van der Waals surface area contributed by atoms with E-state index in [9.17, 15) is 0 Å². The number of fused-ring (bicyclic) bond motifs is 1. The lowest BCUT2D eigenvalue weighted by molar-refractivity contribution is 0.544. The lowest BCUT2D eigenvalue weighted by Crippen LogP contribution is -2.21. The zero-order chi connectivity index (χ0) is 14.7. The molecule has 0 fully saturated rings. The summed E-state index contributed by atoms with van der Waals surface area (Å²) >= 11 is 0. The second kappa shape index (κ2) is 6.06. The van der Waals surface area contributed by atoms with Crippen LogP contribution in [0.4, 0.5) is 0 Å². The van der Waals surface area contributed by atoms with Gasteiger partial charge in [-0.25, -0.2) is 4.98 Å². The number of hydrogen-bond donors (Lipinski definition) is 1. The Morgan fingerprint density at radius 2 is 1.95 bits per heavy atom. The summed E-state index contributed by atoms with van der Waals surface area (Å²) in [5, 5.41) is 3.35. The van der Waals surface area contributed by atoms with Crippen molar-refractivity contribution in [2.45, 2.75) is 25.9 Å². The second-order valence-electron chi connectivity index (χ2n) is 5.06. The fourth-order valence-electron chi connectivity index (χ4n) is 2.75. The van der Waals surface area contributed by atoms with Gasteiger partial charge in [0.25, 0.3) is 0 Å². The van der Waals surface area contributed by atoms with E-state index in [0.29, 0.717) is 0 Å². The van der Waals surface area contributed by atoms with Crippen molar-refractivity contribution in [2.75, 3.05) is 7.05 Å². The Hall–Kier alpha value is -2.20. The lowest BCUT2D eigenvalue weighted by atomic mass is 10.1. The largest absolute Gasteiger partial charge is 0.328 e. The van der Waals surface area contributed by atoms with Gasteiger partial charge < -0.3 is 9.88 Å². The summed E-state index contributed by atoms with van der Waals surface area (Å²) in [6.45, 7) is 3.08. The van der Waals surface area contributed by atoms with E-state index in [1.165, 1.54) is 5.52 Å². The minimum Gasteiger partial charge on any atom is -0.328 e. The zero-order valence-corrected chi connectivity index (χ0v) is 12.5. The minimum atomic E-state index is 0.174. The predicted octanol–water partition coefficient (Wildman–Crippen LogP) is 2.95. The number of nitrogens with zero attached hydrogens (tertiary/aromatic N) is 3. The highest BCUT2D eigenvalue weighted by molar-refractivity contribution is 5.75. The third kappa shape index (κ3) is 2.67. The van der Waals surface area contributed by atoms with Crippen LogP contribution in [0.5, 0.6) is 0 Å². The highest BCUT2D eigenvalue weighted by Crippen LogP contribution is 2.21. The van der Waals surface area contributed by atoms with Crippen molar-refractivity contribution in [3.8, 4) is 0 Å². The summed E-state index contributed by atoms with van der Waals surface area (Å²) in [6.07, 6.45) is 2.67. The molecule has 21 heavy (non-hydrogen) atoms. The summed E-state index contributed by atoms with van der Waals surface area (Å²) in [5.41, 5.74) is 3.31. The lowest BCUT2D eigenvalue weighted by Gasteiger charge is -2.16. The molecule has 1 atom stereocenters. The number of pyridine rings is 1. The first kappa shape index (κ1) is 13.8. The van der Waals surface area contributed by atoms with E-state index in [-0.39, 0.29) is 6.04 Å². The van der Waals surface area contributed by atoms with Crippen LogP contribution >= 0.6 is 0 Å². The van der Waals surface area contributed by atoms with Gasteiger partial charge >= 0.3 is 0 Å². The molecule has 1 aromatic carbocycles. The quantitative estimate of drug-likeness (QED) is 0.781. The molecule has 0 aliphatic rings. The van der Waals surface area contributed by atoms with Crippen molar-refractivity contribution in [1.82, 2.24) is 19.9 Å². The molecule has 3 rings (SSSR count). The van der Waals surface area contributed by atoms with E-state index in [2.05, 4.69) is 46.1 Å². The number of aromatic nitrogens is 3. The molecular formula is C17H20N4. The first-order valence-electron chi connectivity index (χ1n) is 7.35. The molecule has 0 spiro atoms. The van der Waals surface area contributed by atoms with Gasteiger partial charge in [0.1, 0.15) is 5.82 Å². The molecule has 2 heterocycles. The third-order valence-electron chi connectivity index (χ3n) is 3.83. The molecule has 0 saturated heterocycles. The summed E-state index contributed by atoms with van der Waals surface area (Å²) in [6, 6.07) is 14.5. The highest BCUT2D eigenvalue weighted by atomic mass is 15.1. The summed E-state index contributed by atoms with van der Waals surface area (Å²) in [5.74, 6) is 1.10. The van der Waals surface area contributed by atoms with Gasteiger partial charge in [-0.15, -0.1) is 0 Å². The average molecular weight is 280 g/mol. The van der Waals surface area contributed by atoms with Gasteiger partial charge in [-0.05, 0) is 38.2 Å². The standard InChI is InChI=1S/C17H20N4/c1-3-21-16-10-5-4-9-14(16)20-17(21)12-15(18-2)13-8-6-7-11-19-13/h4-11,15,18H,3,12H2,1-2H3. The molecule has 1 N–H and O–H groups in total. The molecular weight excluding hydrogens is 260 g/mol. The van der Waals surface area contributed by atoms with Gasteiger partial charge in [0, 0.05) is 19.2 Å². The van der Waals surface area contributed by atoms with Crippen molar-refractivity contribution in [2.24, 2.45) is 0 Å². The molecule has 3 aromatic rings. The molecule has 0 aliphatic carbocycles. The molecule has 0 radical (unpaired) electrons. The third-order valence-corrected chi connectivity index (χ3v) is 3.83. The summed E-state index contributed by atoms with van der Waals surface area (Å²) in [7, 11) is 1.97. The number of benzene rings is 1. The Labute approximate surface area is 124 Å². The average Bonchev–Trinajstić information content (AvgIpc) is 2.90. The van der Waals surface area contributed by atoms with Gasteiger partial charge in [-0.2, -0.15) is 0 Å². The number of imidazole rings is 1. The van der Waals surface area contributed by atoms with Crippen LogP contribution in [0.3, 0.4) is 0 Å². The number of rotatable bonds is 5. The van der Waals surface area contributed by atoms with E-state index in [1.54, 1.807) is 0 Å². The van der Waals surface area contributed by atoms with E-state index in [0.717, 1.165) is 30.0 Å². The maximum atomic E-state index is 4.79. The molecule has 1 unspecified atom stereocenters. The maximum absolute atomic E-state index is 4.79. The Bertz CT molecular complexity index is 718. The molecule has 0 aliphatic heterocycles. The molecule has 4 heteroatoms. The maximum Gasteiger partial charge on any atom is 0.111 e. The van der Waals surface area contributed by atoms with Crippen LogP contribution in [0.2, 0.25) is 0 Å². The minimum absolute atomic E-state index is 0.174. The normalized spacial score (nSPS) is 12.7. The van der Waals surface area contributed by atoms with Gasteiger partial charge in [0.05, 0.1) is 22.8 Å². The Balaban J connectivity index is 1.97. The molecule has 0 amide bonds. The smallest absolute Gasteiger partial charge is 0.111 e. The van der Waals surface area contributed by atoms with Crippen molar-refractivity contribution < 1.29 is 0 Å². The summed E-state index contributed by atoms with van der Waals surface area (Å²) in [4.78, 5) is 9.25. The fraction of sp³-hybridized carbons (Fsp3) is 0.294. The molecule has 4 nitrogen and oxygen atoms in total. The fourth-order valence-corrected chi connectivity index (χ4v) is 2.75. The van der Waals surface area contributed by atoms with Crippen LogP contribution in [-0.2, 0) is 13.0 Å². The number of nitrogens with one attached hydrogen (secondary N) is 1. The molecule has 2 aromatic heterocycles. The zero-order valence-electron chi connectivity index (χ0n) is 12.5. The first-order chi connectivity index (χ1) is 10.3. The number of aryl methyl sites for hydroxylation is 1. The Kier molecular flexibility index (Phi) is 3.97. The van der Waals surface area contributed by atoms with E-state index in [4.69, 9.17) is 4.98 Å². The SMILES string of the molecule is CCn1c(CC(NC)c2ccccn2)nc2ccccc21. The molecule has 108 valence electrons. The van der Waals surface area contributed by atoms with E-state index in [1.807, 2.05) is 31.4 Å². The Morgan fingerprint density at radius 1 is 1.14 bits per heavy atom. The van der Waals surface area contributed by atoms with Crippen molar-refractivity contribution in [1.29, 1.82) is 0 Å². The van der Waals surface area contributed by atoms with Crippen LogP contribution < -0.4 is 5.32 Å². The topological polar surface area (TPSA) is 42.7 Å². The van der Waals surface area contributed by atoms with Gasteiger partial charge in [0.2, 0.25) is 0 Å². The van der Waals surface area contributed by atoms with Crippen molar-refractivity contribution in [3.05, 3.63) is 60.2 Å². The van der Waals surface area contributed by atoms with Crippen molar-refractivity contribution >= 4 is 11.0 Å². The van der Waals surface area contributed by atoms with Crippen LogP contribution in [0.15, 0.2) is 48.7 Å². The summed E-state index contributed by atoms with van der Waals surface area (Å²) < 4.78 is 2.28. The predicted molar refractivity (Wildman–Crippen MR) is 85.1 cm³/mol. The number of likely N-dealkylation sites (N-methyl/N-ethyl adjacent to an activating group) is 1. The van der Waals surface area contributed by atoms with Crippen LogP contribution in [-0.4, -0.2) is 21.6 Å². The number of para-hydroxylation sites is 2. The first-order valence-corrected chi connectivity index (χ1v) is 7.35. The van der Waals surface area contributed by atoms with Gasteiger partial charge in [0.15, 0.2) is 0 Å². The monoisotopic (exact) mass is 280 g/mol. The van der Waals surface area contributed by atoms with Crippen LogP contribution in [0.25, 0.3) is 11.0 Å². The van der Waals surface area contributed by atoms with Gasteiger partial charge in [-0.3, -0.25) is 4.98 Å². The Morgan fingerprint density at radius 3 is 2.67 bits per heavy atom. The highest BCUT2D eigenvalue weighted by Gasteiger charge is 2.16. The van der Waals surface area contributed by atoms with Crippen molar-refractivity contribution in [3.63, 3.8) is 0 Å². The molecule has 0 bridgehead atoms. The van der Waals surface area contributed by atoms with Crippen LogP contribution in [0.1, 0.15) is 24.5 Å². The molecule has 0 saturated carbocycles.